The minimum Gasteiger partial charge on any atom is -0.192 e. The maximum atomic E-state index is 8.95. The number of benzene rings is 5. The SMILES string of the molecule is [2H]c1c([2H])c([2H])c(-c2cccc(-c3c([2H])c([2H])c([2H])c([2H])c3[2H])c2-n2c(C)[n+](-c3c(C(C)C)cccc3C(C)C)c3ccccc32)c([2H])c1[2H]. The Morgan fingerprint density at radius 1 is 0.625 bits per heavy atom. The van der Waals surface area contributed by atoms with Crippen molar-refractivity contribution in [1.29, 1.82) is 0 Å². The lowest BCUT2D eigenvalue weighted by atomic mass is 9.92. The maximum absolute atomic E-state index is 8.95. The molecule has 2 nitrogen and oxygen atoms in total. The molecule has 0 atom stereocenters. The summed E-state index contributed by atoms with van der Waals surface area (Å²) in [5.41, 5.74) is 5.51. The van der Waals surface area contributed by atoms with Crippen molar-refractivity contribution in [2.24, 2.45) is 0 Å². The van der Waals surface area contributed by atoms with Crippen LogP contribution in [-0.4, -0.2) is 4.57 Å². The van der Waals surface area contributed by atoms with Gasteiger partial charge in [-0.1, -0.05) is 137 Å². The number of imidazole rings is 1. The molecule has 0 aliphatic rings. The molecule has 0 radical (unpaired) electrons. The molecule has 1 aromatic heterocycles. The number of hydrogen-bond acceptors (Lipinski definition) is 0. The average molecular weight is 532 g/mol. The molecule has 0 spiro atoms. The van der Waals surface area contributed by atoms with Gasteiger partial charge in [0.2, 0.25) is 0 Å². The van der Waals surface area contributed by atoms with Gasteiger partial charge in [0.15, 0.2) is 11.0 Å². The van der Waals surface area contributed by atoms with Crippen LogP contribution in [0.25, 0.3) is 44.7 Å². The van der Waals surface area contributed by atoms with Crippen LogP contribution in [0, 0.1) is 6.92 Å². The summed E-state index contributed by atoms with van der Waals surface area (Å²) in [6, 6.07) is 14.3. The second-order valence-electron chi connectivity index (χ2n) is 10.5. The van der Waals surface area contributed by atoms with E-state index in [-0.39, 0.29) is 34.1 Å². The van der Waals surface area contributed by atoms with Crippen LogP contribution >= 0.6 is 0 Å². The maximum Gasteiger partial charge on any atom is 0.264 e. The summed E-state index contributed by atoms with van der Waals surface area (Å²) < 4.78 is 90.4. The first-order valence-corrected chi connectivity index (χ1v) is 13.5. The molecule has 0 amide bonds. The fourth-order valence-corrected chi connectivity index (χ4v) is 5.58. The van der Waals surface area contributed by atoms with E-state index in [1.807, 2.05) is 35.8 Å². The van der Waals surface area contributed by atoms with Gasteiger partial charge in [0, 0.05) is 29.2 Å². The molecule has 0 aliphatic carbocycles. The Morgan fingerprint density at radius 3 is 1.65 bits per heavy atom. The highest BCUT2D eigenvalue weighted by Crippen LogP contribution is 2.39. The van der Waals surface area contributed by atoms with Gasteiger partial charge in [0.1, 0.15) is 11.4 Å². The Labute approximate surface area is 252 Å². The molecule has 0 bridgehead atoms. The third-order valence-electron chi connectivity index (χ3n) is 7.38. The van der Waals surface area contributed by atoms with Crippen molar-refractivity contribution in [3.05, 3.63) is 138 Å². The van der Waals surface area contributed by atoms with Crippen molar-refractivity contribution in [2.75, 3.05) is 0 Å². The molecule has 0 unspecified atom stereocenters. The third-order valence-corrected chi connectivity index (χ3v) is 7.38. The number of nitrogens with zero attached hydrogens (tertiary/aromatic N) is 2. The minimum atomic E-state index is -0.529. The van der Waals surface area contributed by atoms with Crippen LogP contribution in [0.15, 0.2) is 121 Å². The molecule has 6 rings (SSSR count). The molecule has 0 aliphatic heterocycles. The molecule has 0 fully saturated rings. The Morgan fingerprint density at radius 2 is 1.12 bits per heavy atom. The zero-order chi connectivity index (χ0) is 36.5. The van der Waals surface area contributed by atoms with Gasteiger partial charge < -0.3 is 0 Å². The van der Waals surface area contributed by atoms with Crippen LogP contribution in [-0.2, 0) is 0 Å². The van der Waals surface area contributed by atoms with Crippen LogP contribution in [0.4, 0.5) is 0 Å². The average Bonchev–Trinajstić information content (AvgIpc) is 3.38. The van der Waals surface area contributed by atoms with E-state index in [0.29, 0.717) is 17.0 Å². The molecule has 6 aromatic rings. The van der Waals surface area contributed by atoms with E-state index >= 15 is 0 Å². The summed E-state index contributed by atoms with van der Waals surface area (Å²) in [6.45, 7) is 10.5. The fraction of sp³-hybridized carbons (Fsp3) is 0.184. The van der Waals surface area contributed by atoms with Crippen LogP contribution in [0.5, 0.6) is 0 Å². The second kappa shape index (κ2) is 10.6. The Bertz CT molecular complexity index is 2190. The molecule has 5 aromatic carbocycles. The van der Waals surface area contributed by atoms with Crippen LogP contribution in [0.1, 0.15) is 70.2 Å². The van der Waals surface area contributed by atoms with E-state index < -0.39 is 60.4 Å². The summed E-state index contributed by atoms with van der Waals surface area (Å²) in [5, 5.41) is 0. The van der Waals surface area contributed by atoms with Crippen molar-refractivity contribution in [3.63, 3.8) is 0 Å². The predicted octanol–water partition coefficient (Wildman–Crippen LogP) is 9.80. The fourth-order valence-electron chi connectivity index (χ4n) is 5.58. The van der Waals surface area contributed by atoms with Crippen molar-refractivity contribution >= 4 is 11.0 Å². The van der Waals surface area contributed by atoms with Gasteiger partial charge in [0.25, 0.3) is 5.82 Å². The van der Waals surface area contributed by atoms with Crippen molar-refractivity contribution in [2.45, 2.75) is 46.5 Å². The monoisotopic (exact) mass is 531 g/mol. The van der Waals surface area contributed by atoms with Crippen LogP contribution < -0.4 is 4.57 Å². The first kappa shape index (κ1) is 16.6. The molecule has 0 saturated carbocycles. The topological polar surface area (TPSA) is 8.81 Å². The van der Waals surface area contributed by atoms with Gasteiger partial charge in [-0.3, -0.25) is 0 Å². The summed E-state index contributed by atoms with van der Waals surface area (Å²) in [4.78, 5) is 0. The predicted molar refractivity (Wildman–Crippen MR) is 169 cm³/mol. The second-order valence-corrected chi connectivity index (χ2v) is 10.5. The quantitative estimate of drug-likeness (QED) is 0.189. The molecule has 0 N–H and O–H groups in total. The highest BCUT2D eigenvalue weighted by atomic mass is 15.2. The third kappa shape index (κ3) is 4.34. The molecule has 40 heavy (non-hydrogen) atoms. The van der Waals surface area contributed by atoms with Gasteiger partial charge in [-0.05, 0) is 35.1 Å². The largest absolute Gasteiger partial charge is 0.264 e. The Hall–Kier alpha value is -4.43. The highest BCUT2D eigenvalue weighted by molar-refractivity contribution is 5.89. The zero-order valence-electron chi connectivity index (χ0n) is 33.3. The van der Waals surface area contributed by atoms with E-state index in [9.17, 15) is 0 Å². The molecule has 198 valence electrons. The lowest BCUT2D eigenvalue weighted by molar-refractivity contribution is -0.576. The highest BCUT2D eigenvalue weighted by Gasteiger charge is 2.31. The Balaban J connectivity index is 1.89. The van der Waals surface area contributed by atoms with Crippen molar-refractivity contribution < 1.29 is 18.3 Å². The lowest BCUT2D eigenvalue weighted by Crippen LogP contribution is -2.36. The molecular weight excluding hydrogens is 484 g/mol. The van der Waals surface area contributed by atoms with E-state index in [1.165, 1.54) is 0 Å². The molecule has 2 heteroatoms. The normalized spacial score (nSPS) is 15.1. The van der Waals surface area contributed by atoms with Crippen molar-refractivity contribution in [1.82, 2.24) is 4.57 Å². The zero-order valence-corrected chi connectivity index (χ0v) is 23.3. The number of rotatable bonds is 6. The summed E-state index contributed by atoms with van der Waals surface area (Å²) in [6.07, 6.45) is 0. The standard InChI is InChI=1S/C38H37N2/c1-26(2)31-20-14-21-32(27(3)4)37(31)39-28(5)40(36-25-13-12-24-35(36)39)38-33(29-16-8-6-9-17-29)22-15-23-34(38)30-18-10-7-11-19-30/h6-27H,1-5H3/q+1/i6D,7D,8D,9D,10D,11D,16D,17D,18D,19D. The van der Waals surface area contributed by atoms with E-state index in [2.05, 4.69) is 50.5 Å². The first-order valence-electron chi connectivity index (χ1n) is 18.5. The number of aromatic nitrogens is 2. The summed E-state index contributed by atoms with van der Waals surface area (Å²) in [7, 11) is 0. The Kier molecular flexibility index (Phi) is 4.41. The van der Waals surface area contributed by atoms with Gasteiger partial charge in [0.05, 0.1) is 13.7 Å². The first-order chi connectivity index (χ1) is 23.6. The minimum absolute atomic E-state index is 0.0607. The summed E-state index contributed by atoms with van der Waals surface area (Å²) in [5.74, 6) is 1.03. The van der Waals surface area contributed by atoms with E-state index in [0.717, 1.165) is 22.3 Å². The lowest BCUT2D eigenvalue weighted by Gasteiger charge is -2.18. The van der Waals surface area contributed by atoms with Crippen molar-refractivity contribution in [3.8, 4) is 33.6 Å². The van der Waals surface area contributed by atoms with Gasteiger partial charge in [-0.25, -0.2) is 0 Å². The number of hydrogen-bond donors (Lipinski definition) is 0. The molecular formula is C38H37N2+. The van der Waals surface area contributed by atoms with Crippen LogP contribution in [0.3, 0.4) is 0 Å². The van der Waals surface area contributed by atoms with Gasteiger partial charge in [-0.2, -0.15) is 9.13 Å². The van der Waals surface area contributed by atoms with E-state index in [1.54, 1.807) is 18.2 Å². The number of para-hydroxylation sites is 4. The van der Waals surface area contributed by atoms with Gasteiger partial charge in [-0.15, -0.1) is 0 Å². The number of fused-ring (bicyclic) bond motifs is 1. The summed E-state index contributed by atoms with van der Waals surface area (Å²) >= 11 is 0. The van der Waals surface area contributed by atoms with Gasteiger partial charge >= 0.3 is 0 Å². The van der Waals surface area contributed by atoms with Crippen LogP contribution in [0.2, 0.25) is 0 Å². The molecule has 1 heterocycles. The van der Waals surface area contributed by atoms with E-state index in [4.69, 9.17) is 13.7 Å². The molecule has 0 saturated heterocycles. The smallest absolute Gasteiger partial charge is 0.192 e.